The molecule has 0 aromatic heterocycles. The maximum Gasteiger partial charge on any atom is 0.308 e. The van der Waals surface area contributed by atoms with Crippen LogP contribution in [0.2, 0.25) is 0 Å². The average molecular weight is 1130 g/mol. The molecular formula is C60H88O20. The van der Waals surface area contributed by atoms with Gasteiger partial charge in [-0.05, 0) is 86.7 Å². The first-order valence-corrected chi connectivity index (χ1v) is 30.9. The summed E-state index contributed by atoms with van der Waals surface area (Å²) < 4.78 is 95.6. The van der Waals surface area contributed by atoms with Crippen LogP contribution in [-0.4, -0.2) is 202 Å². The van der Waals surface area contributed by atoms with E-state index in [0.717, 1.165) is 30.4 Å². The number of carbonyl (C=O) groups excluding carboxylic acids is 1. The molecule has 0 radical (unpaired) electrons. The highest BCUT2D eigenvalue weighted by Gasteiger charge is 2.71. The molecule has 10 bridgehead atoms. The zero-order valence-electron chi connectivity index (χ0n) is 47.0. The highest BCUT2D eigenvalue weighted by Crippen LogP contribution is 2.57. The molecule has 0 aliphatic carbocycles. The first-order valence-electron chi connectivity index (χ1n) is 30.9. The van der Waals surface area contributed by atoms with Crippen molar-refractivity contribution < 1.29 is 96.6 Å². The number of aliphatic hydroxyl groups is 5. The van der Waals surface area contributed by atoms with Crippen molar-refractivity contribution in [3.8, 4) is 0 Å². The number of ether oxygens (including phenoxy) is 14. The molecule has 14 heterocycles. The average Bonchev–Trinajstić information content (AvgIpc) is 4.32. The Kier molecular flexibility index (Phi) is 14.7. The quantitative estimate of drug-likeness (QED) is 0.150. The van der Waals surface area contributed by atoms with Crippen LogP contribution in [0.25, 0.3) is 0 Å². The Bertz CT molecular complexity index is 2340. The Labute approximate surface area is 469 Å². The van der Waals surface area contributed by atoms with E-state index in [1.165, 1.54) is 0 Å². The molecule has 0 saturated carbocycles. The van der Waals surface area contributed by atoms with Crippen LogP contribution in [0.4, 0.5) is 0 Å². The van der Waals surface area contributed by atoms with Crippen molar-refractivity contribution in [2.75, 3.05) is 6.61 Å². The van der Waals surface area contributed by atoms with Gasteiger partial charge in [0.2, 0.25) is 11.6 Å². The van der Waals surface area contributed by atoms with E-state index in [-0.39, 0.29) is 123 Å². The first kappa shape index (κ1) is 56.1. The molecule has 0 aromatic carbocycles. The van der Waals surface area contributed by atoms with Crippen molar-refractivity contribution in [2.24, 2.45) is 23.7 Å². The van der Waals surface area contributed by atoms with Gasteiger partial charge in [0.05, 0.1) is 129 Å². The SMILES string of the molecule is C=C1C2C[C@@H]3O[C@H]4C[C@H]5O[C@@]6(CC7O[C@]8(C[C@H](C)C9O[C@H](CC[C@@H](O)CO)CC9O8)C[C@H](C)C7O6)C[C@H]5O[C@H]4[C@H](C)C3OC(=O)CC3CC[C@@H]4O[C@@H]5CC(O[C@]6(CCC7CC(=C)[C@H](CC[C@@H](C[C@H]1C)O2)O7)OC5C(O)(O)C6O)[C@H]4O3. The number of esters is 1. The van der Waals surface area contributed by atoms with Gasteiger partial charge in [-0.2, -0.15) is 0 Å². The van der Waals surface area contributed by atoms with Crippen LogP contribution in [0, 0.1) is 23.7 Å². The van der Waals surface area contributed by atoms with Gasteiger partial charge < -0.3 is 91.8 Å². The minimum absolute atomic E-state index is 0.0260. The van der Waals surface area contributed by atoms with Gasteiger partial charge in [-0.15, -0.1) is 0 Å². The summed E-state index contributed by atoms with van der Waals surface area (Å²) in [6.45, 7) is 17.5. The lowest BCUT2D eigenvalue weighted by Crippen LogP contribution is -2.64. The molecule has 14 rings (SSSR count). The minimum Gasteiger partial charge on any atom is -0.459 e. The number of fused-ring (bicyclic) bond motifs is 13. The van der Waals surface area contributed by atoms with E-state index in [1.807, 2.05) is 0 Å². The van der Waals surface area contributed by atoms with Crippen molar-refractivity contribution in [2.45, 2.75) is 313 Å². The van der Waals surface area contributed by atoms with E-state index in [4.69, 9.17) is 66.3 Å². The molecule has 30 atom stereocenters. The minimum atomic E-state index is -2.61. The highest BCUT2D eigenvalue weighted by molar-refractivity contribution is 5.70. The third kappa shape index (κ3) is 9.86. The second-order valence-electron chi connectivity index (χ2n) is 27.5. The number of rotatable bonds is 4. The number of hydrogen-bond donors (Lipinski definition) is 5. The van der Waals surface area contributed by atoms with E-state index in [1.54, 1.807) is 0 Å². The zero-order valence-corrected chi connectivity index (χ0v) is 47.0. The molecule has 0 aromatic rings. The number of hydrogen-bond acceptors (Lipinski definition) is 20. The standard InChI is InChI=1S/C60H88O20/c1-27-15-34-9-11-38-28(2)16-37(67-38)13-14-59-56(64)60(65,66)55(80-59)46-21-45(78-59)54-39(71-46)12-10-36(70-54)18-49(63)74-53-32(6)52-43(72-42(53)19-40(68-34)31(27)5)20-41-47(73-52)24-58(75-41)25-48-51(79-58)30(4)23-57(77-48)22-29(3)50-44(76-57)17-35(69-50)8-7-33(62)26-61/h27,29-30,32-48,50-56,61-62,64-66H,2,5,7-26H2,1,3-4,6H3/t27-,29+,30+,32+,33-,34+,35-,36?,37?,38+,39+,40?,41-,42+,43+,44?,45?,46-,47-,48?,50?,51?,52+,53?,54+,55?,56?,57-,58+,59-/m1/s1. The topological polar surface area (TPSA) is 247 Å². The van der Waals surface area contributed by atoms with Gasteiger partial charge in [0, 0.05) is 63.7 Å². The van der Waals surface area contributed by atoms with Crippen molar-refractivity contribution in [3.63, 3.8) is 0 Å². The van der Waals surface area contributed by atoms with Crippen LogP contribution in [0.3, 0.4) is 0 Å². The van der Waals surface area contributed by atoms with E-state index < -0.39 is 96.3 Å². The van der Waals surface area contributed by atoms with Crippen molar-refractivity contribution in [1.29, 1.82) is 0 Å². The van der Waals surface area contributed by atoms with E-state index >= 15 is 0 Å². The van der Waals surface area contributed by atoms with Crippen LogP contribution in [0.5, 0.6) is 0 Å². The monoisotopic (exact) mass is 1130 g/mol. The van der Waals surface area contributed by atoms with Gasteiger partial charge in [-0.3, -0.25) is 4.79 Å². The Morgan fingerprint density at radius 1 is 0.575 bits per heavy atom. The Morgan fingerprint density at radius 3 is 2.09 bits per heavy atom. The number of aliphatic hydroxyl groups excluding tert-OH is 3. The van der Waals surface area contributed by atoms with Crippen LogP contribution < -0.4 is 0 Å². The molecule has 80 heavy (non-hydrogen) atoms. The van der Waals surface area contributed by atoms with Gasteiger partial charge >= 0.3 is 5.97 Å². The molecule has 14 aliphatic rings. The maximum absolute atomic E-state index is 14.5. The lowest BCUT2D eigenvalue weighted by Gasteiger charge is -2.51. The van der Waals surface area contributed by atoms with E-state index in [2.05, 4.69) is 40.9 Å². The largest absolute Gasteiger partial charge is 0.459 e. The van der Waals surface area contributed by atoms with Crippen LogP contribution in [-0.2, 0) is 71.1 Å². The van der Waals surface area contributed by atoms with Crippen LogP contribution >= 0.6 is 0 Å². The van der Waals surface area contributed by atoms with Gasteiger partial charge in [-0.1, -0.05) is 40.9 Å². The summed E-state index contributed by atoms with van der Waals surface area (Å²) in [5.74, 6) is -6.27. The Hall–Kier alpha value is -1.77. The highest BCUT2D eigenvalue weighted by atomic mass is 16.8. The first-order chi connectivity index (χ1) is 38.3. The second-order valence-corrected chi connectivity index (χ2v) is 27.5. The summed E-state index contributed by atoms with van der Waals surface area (Å²) in [6, 6.07) is 0. The van der Waals surface area contributed by atoms with Gasteiger partial charge in [0.15, 0.2) is 17.7 Å². The van der Waals surface area contributed by atoms with Gasteiger partial charge in [-0.25, -0.2) is 0 Å². The molecule has 11 unspecified atom stereocenters. The smallest absolute Gasteiger partial charge is 0.308 e. The normalized spacial score (nSPS) is 55.6. The van der Waals surface area contributed by atoms with Crippen molar-refractivity contribution in [3.05, 3.63) is 24.3 Å². The summed E-state index contributed by atoms with van der Waals surface area (Å²) >= 11 is 0. The molecule has 20 heteroatoms. The molecule has 14 saturated heterocycles. The summed E-state index contributed by atoms with van der Waals surface area (Å²) in [5, 5.41) is 53.8. The molecule has 20 nitrogen and oxygen atoms in total. The summed E-state index contributed by atoms with van der Waals surface area (Å²) in [7, 11) is 0. The van der Waals surface area contributed by atoms with Crippen molar-refractivity contribution in [1.82, 2.24) is 0 Å². The lowest BCUT2D eigenvalue weighted by molar-refractivity contribution is -0.347. The van der Waals surface area contributed by atoms with E-state index in [9.17, 15) is 30.3 Å². The molecule has 14 aliphatic heterocycles. The number of carbonyl (C=O) groups is 1. The Balaban J connectivity index is 0.687. The van der Waals surface area contributed by atoms with E-state index in [0.29, 0.717) is 83.5 Å². The molecule has 0 amide bonds. The van der Waals surface area contributed by atoms with Gasteiger partial charge in [0.1, 0.15) is 18.3 Å². The maximum atomic E-state index is 14.5. The molecule has 3 spiro atoms. The Morgan fingerprint density at radius 2 is 1.26 bits per heavy atom. The predicted octanol–water partition coefficient (Wildman–Crippen LogP) is 4.23. The fraction of sp³-hybridized carbons (Fsp3) is 0.917. The fourth-order valence-electron chi connectivity index (χ4n) is 17.8. The summed E-state index contributed by atoms with van der Waals surface area (Å²) in [5.41, 5.74) is 1.97. The summed E-state index contributed by atoms with van der Waals surface area (Å²) in [6.07, 6.45) is -1.06. The summed E-state index contributed by atoms with van der Waals surface area (Å²) in [4.78, 5) is 14.5. The van der Waals surface area contributed by atoms with Crippen LogP contribution in [0.15, 0.2) is 24.3 Å². The third-order valence-electron chi connectivity index (χ3n) is 21.7. The fourth-order valence-corrected chi connectivity index (χ4v) is 17.8. The lowest BCUT2D eigenvalue weighted by atomic mass is 9.79. The molecule has 448 valence electrons. The van der Waals surface area contributed by atoms with Crippen LogP contribution in [0.1, 0.15) is 150 Å². The molecular weight excluding hydrogens is 1040 g/mol. The second kappa shape index (κ2) is 21.0. The third-order valence-corrected chi connectivity index (χ3v) is 21.7. The molecule has 5 N–H and O–H groups in total. The molecule has 14 fully saturated rings. The van der Waals surface area contributed by atoms with Crippen molar-refractivity contribution >= 4 is 5.97 Å². The predicted molar refractivity (Wildman–Crippen MR) is 277 cm³/mol. The van der Waals surface area contributed by atoms with Gasteiger partial charge in [0.25, 0.3) is 0 Å². The zero-order chi connectivity index (χ0) is 55.4.